The number of carbonyl (C=O) groups excluding carboxylic acids is 4. The molecule has 52 heavy (non-hydrogen) atoms. The molecule has 0 aliphatic carbocycles. The van der Waals surface area contributed by atoms with Crippen LogP contribution in [0, 0.1) is 6.92 Å². The first-order valence-electron chi connectivity index (χ1n) is 17.8. The van der Waals surface area contributed by atoms with E-state index in [1.54, 1.807) is 48.5 Å². The molecule has 0 saturated heterocycles. The lowest BCUT2D eigenvalue weighted by Gasteiger charge is -2.39. The number of alkyl carbamates (subject to hydrolysis) is 1. The molecule has 0 aliphatic rings. The number of rotatable bonds is 14. The van der Waals surface area contributed by atoms with Crippen LogP contribution in [0.25, 0.3) is 0 Å². The molecule has 0 saturated carbocycles. The number of benzene rings is 1. The lowest BCUT2D eigenvalue weighted by atomic mass is 10.0. The molecule has 14 heteroatoms. The van der Waals surface area contributed by atoms with E-state index in [1.807, 2.05) is 13.0 Å². The molecule has 0 radical (unpaired) electrons. The van der Waals surface area contributed by atoms with Gasteiger partial charge < -0.3 is 33.1 Å². The molecule has 0 aliphatic heterocycles. The highest BCUT2D eigenvalue weighted by atomic mass is 32.2. The lowest BCUT2D eigenvalue weighted by molar-refractivity contribution is -0.156. The first-order chi connectivity index (χ1) is 23.2. The molecule has 0 spiro atoms. The van der Waals surface area contributed by atoms with Crippen molar-refractivity contribution in [3.05, 3.63) is 22.8 Å². The predicted octanol–water partition coefficient (Wildman–Crippen LogP) is 9.34. The minimum Gasteiger partial charge on any atom is -0.543 e. The van der Waals surface area contributed by atoms with Crippen molar-refractivity contribution in [1.82, 2.24) is 5.32 Å². The van der Waals surface area contributed by atoms with Crippen LogP contribution in [-0.4, -0.2) is 76.8 Å². The van der Waals surface area contributed by atoms with Gasteiger partial charge in [0, 0.05) is 28.7 Å². The Hall–Kier alpha value is -2.72. The van der Waals surface area contributed by atoms with Crippen molar-refractivity contribution in [2.24, 2.45) is 0 Å². The van der Waals surface area contributed by atoms with Gasteiger partial charge in [-0.25, -0.2) is 14.4 Å². The van der Waals surface area contributed by atoms with Crippen molar-refractivity contribution < 1.29 is 47.0 Å². The maximum Gasteiger partial charge on any atom is 0.408 e. The smallest absolute Gasteiger partial charge is 0.408 e. The van der Waals surface area contributed by atoms with Crippen molar-refractivity contribution in [1.29, 1.82) is 0 Å². The van der Waals surface area contributed by atoms with E-state index in [9.17, 15) is 19.2 Å². The quantitative estimate of drug-likeness (QED) is 0.110. The van der Waals surface area contributed by atoms with Gasteiger partial charge in [-0.05, 0) is 91.7 Å². The third kappa shape index (κ3) is 14.6. The molecule has 1 aromatic carbocycles. The normalized spacial score (nSPS) is 14.1. The zero-order valence-corrected chi connectivity index (χ0v) is 38.2. The number of hydrogen-bond acceptors (Lipinski definition) is 11. The Morgan fingerprint density at radius 2 is 1.27 bits per heavy atom. The van der Waals surface area contributed by atoms with E-state index >= 15 is 0 Å². The summed E-state index contributed by atoms with van der Waals surface area (Å²) in [6, 6.07) is 0.852. The molecule has 1 N–H and O–H groups in total. The zero-order valence-electron chi connectivity index (χ0n) is 35.3. The highest BCUT2D eigenvalue weighted by molar-refractivity contribution is 7.98. The molecular weight excluding hydrogens is 719 g/mol. The largest absolute Gasteiger partial charge is 0.543 e. The van der Waals surface area contributed by atoms with Gasteiger partial charge in [0.1, 0.15) is 34.8 Å². The summed E-state index contributed by atoms with van der Waals surface area (Å²) in [6.45, 7) is 35.3. The summed E-state index contributed by atoms with van der Waals surface area (Å²) in [6.07, 6.45) is -1.67. The molecule has 1 rings (SSSR count). The van der Waals surface area contributed by atoms with Gasteiger partial charge in [0.25, 0.3) is 0 Å². The number of amides is 1. The van der Waals surface area contributed by atoms with Crippen LogP contribution in [0.4, 0.5) is 4.79 Å². The molecule has 0 heterocycles. The molecule has 0 bridgehead atoms. The van der Waals surface area contributed by atoms with Crippen LogP contribution in [0.2, 0.25) is 36.3 Å². The summed E-state index contributed by atoms with van der Waals surface area (Å²) >= 11 is 1.32. The third-order valence-electron chi connectivity index (χ3n) is 9.04. The lowest BCUT2D eigenvalue weighted by Crippen LogP contribution is -2.45. The van der Waals surface area contributed by atoms with Crippen LogP contribution in [-0.2, 0) is 34.3 Å². The number of esters is 3. The Kier molecular flexibility index (Phi) is 16.0. The second kappa shape index (κ2) is 17.6. The van der Waals surface area contributed by atoms with Crippen LogP contribution >= 0.6 is 11.8 Å². The fourth-order valence-electron chi connectivity index (χ4n) is 4.20. The summed E-state index contributed by atoms with van der Waals surface area (Å²) in [4.78, 5) is 52.3. The molecule has 11 nitrogen and oxygen atoms in total. The average Bonchev–Trinajstić information content (AvgIpc) is 2.90. The Balaban J connectivity index is 3.88. The summed E-state index contributed by atoms with van der Waals surface area (Å²) in [7, 11) is -3.65. The van der Waals surface area contributed by atoms with Crippen LogP contribution in [0.1, 0.15) is 118 Å². The van der Waals surface area contributed by atoms with Gasteiger partial charge in [-0.2, -0.15) is 11.8 Å². The number of thioether (sulfide) groups is 1. The molecule has 1 amide bonds. The highest BCUT2D eigenvalue weighted by Gasteiger charge is 2.42. The van der Waals surface area contributed by atoms with E-state index in [4.69, 9.17) is 27.8 Å². The Morgan fingerprint density at radius 1 is 0.788 bits per heavy atom. The molecule has 0 aromatic heterocycles. The van der Waals surface area contributed by atoms with Gasteiger partial charge in [-0.1, -0.05) is 41.5 Å². The van der Waals surface area contributed by atoms with Gasteiger partial charge >= 0.3 is 24.0 Å². The summed E-state index contributed by atoms with van der Waals surface area (Å²) < 4.78 is 35.6. The minimum atomic E-state index is -2.49. The van der Waals surface area contributed by atoms with E-state index in [0.717, 1.165) is 0 Å². The van der Waals surface area contributed by atoms with Crippen molar-refractivity contribution in [2.75, 3.05) is 12.9 Å². The zero-order chi connectivity index (χ0) is 40.8. The number of nitrogens with one attached hydrogen (secondary N) is 1. The molecule has 0 fully saturated rings. The third-order valence-corrected chi connectivity index (χ3v) is 18.8. The molecule has 298 valence electrons. The van der Waals surface area contributed by atoms with E-state index in [2.05, 4.69) is 73.0 Å². The maximum absolute atomic E-state index is 14.3. The first-order valence-corrected chi connectivity index (χ1v) is 24.8. The molecular formula is C38H67NO10SSi2. The van der Waals surface area contributed by atoms with E-state index < -0.39 is 64.0 Å². The van der Waals surface area contributed by atoms with Crippen LogP contribution < -0.4 is 14.2 Å². The highest BCUT2D eigenvalue weighted by Crippen LogP contribution is 2.45. The SMILES string of the molecule is COC(=O)[C@H](CSCc1c(O[Si](C)(C)C(C)(C)C)cc(O[Si](C)(C)C(C)(C)C)c(C)c1C(=O)O[C@H](C)CC(=O)OC(C)(C)C)NC(=O)OC(C)(C)C. The van der Waals surface area contributed by atoms with Gasteiger partial charge in [0.15, 0.2) is 0 Å². The molecule has 2 atom stereocenters. The topological polar surface area (TPSA) is 136 Å². The van der Waals surface area contributed by atoms with E-state index in [0.29, 0.717) is 22.6 Å². The fourth-order valence-corrected chi connectivity index (χ4v) is 7.37. The Labute approximate surface area is 319 Å². The molecule has 0 unspecified atom stereocenters. The van der Waals surface area contributed by atoms with Crippen LogP contribution in [0.3, 0.4) is 0 Å². The standard InChI is InChI=1S/C38H67NO10SSi2/c1-24(20-30(40)46-35(3,4)5)45-33(42)31-25(2)28(48-51(16,17)37(9,10)11)21-29(49-52(18,19)38(12,13)14)26(31)22-50-23-27(32(41)44-15)39-34(43)47-36(6,7)8/h21,24,27H,20,22-23H2,1-19H3,(H,39,43)/t24-,27+/m1/s1. The summed E-state index contributed by atoms with van der Waals surface area (Å²) in [5.41, 5.74) is -0.0503. The van der Waals surface area contributed by atoms with Crippen LogP contribution in [0.15, 0.2) is 6.07 Å². The van der Waals surface area contributed by atoms with Gasteiger partial charge in [0.05, 0.1) is 19.1 Å². The summed E-state index contributed by atoms with van der Waals surface area (Å²) in [5.74, 6) is -0.430. The van der Waals surface area contributed by atoms with Crippen molar-refractivity contribution in [3.63, 3.8) is 0 Å². The summed E-state index contributed by atoms with van der Waals surface area (Å²) in [5, 5.41) is 2.29. The van der Waals surface area contributed by atoms with Gasteiger partial charge in [-0.15, -0.1) is 0 Å². The first kappa shape index (κ1) is 47.3. The molecule has 1 aromatic rings. The second-order valence-corrected chi connectivity index (χ2v) is 28.8. The number of methoxy groups -OCH3 is 1. The number of carbonyl (C=O) groups is 4. The van der Waals surface area contributed by atoms with Crippen molar-refractivity contribution in [3.8, 4) is 11.5 Å². The average molecular weight is 786 g/mol. The Bertz CT molecular complexity index is 1430. The van der Waals surface area contributed by atoms with Crippen molar-refractivity contribution >= 4 is 52.4 Å². The van der Waals surface area contributed by atoms with Gasteiger partial charge in [0.2, 0.25) is 16.6 Å². The fraction of sp³-hybridized carbons (Fsp3) is 0.737. The second-order valence-electron chi connectivity index (χ2n) is 18.3. The van der Waals surface area contributed by atoms with E-state index in [-0.39, 0.29) is 33.6 Å². The van der Waals surface area contributed by atoms with E-state index in [1.165, 1.54) is 18.9 Å². The predicted molar refractivity (Wildman–Crippen MR) is 214 cm³/mol. The van der Waals surface area contributed by atoms with Gasteiger partial charge in [-0.3, -0.25) is 4.79 Å². The minimum absolute atomic E-state index is 0.107. The number of hydrogen-bond donors (Lipinski definition) is 1. The monoisotopic (exact) mass is 785 g/mol. The maximum atomic E-state index is 14.3. The number of ether oxygens (including phenoxy) is 4. The Morgan fingerprint density at radius 3 is 1.71 bits per heavy atom. The van der Waals surface area contributed by atoms with Crippen LogP contribution in [0.5, 0.6) is 11.5 Å². The van der Waals surface area contributed by atoms with Crippen molar-refractivity contribution in [2.45, 2.75) is 169 Å².